The standard InChI is InChI=1S/C20H29N5O/c1-14(2)25-12-15(3)18(13-25)23-20(21-4)22-11-17-10-19(26-24-17)16-8-6-5-7-9-16/h5-10,14-15,18H,11-13H2,1-4H3,(H2,21,22,23). The Bertz CT molecular complexity index is 725. The highest BCUT2D eigenvalue weighted by Crippen LogP contribution is 2.20. The normalized spacial score (nSPS) is 21.3. The highest BCUT2D eigenvalue weighted by atomic mass is 16.5. The fraction of sp³-hybridized carbons (Fsp3) is 0.500. The number of aliphatic imine (C=N–C) groups is 1. The molecule has 2 N–H and O–H groups in total. The highest BCUT2D eigenvalue weighted by Gasteiger charge is 2.31. The Labute approximate surface area is 155 Å². The predicted molar refractivity (Wildman–Crippen MR) is 105 cm³/mol. The molecule has 0 radical (unpaired) electrons. The van der Waals surface area contributed by atoms with Gasteiger partial charge in [-0.15, -0.1) is 0 Å². The fourth-order valence-electron chi connectivity index (χ4n) is 3.29. The largest absolute Gasteiger partial charge is 0.356 e. The number of nitrogens with zero attached hydrogens (tertiary/aromatic N) is 3. The van der Waals surface area contributed by atoms with Gasteiger partial charge in [0.15, 0.2) is 11.7 Å². The van der Waals surface area contributed by atoms with Crippen LogP contribution >= 0.6 is 0 Å². The molecule has 0 saturated carbocycles. The molecule has 0 aliphatic carbocycles. The van der Waals surface area contributed by atoms with Crippen molar-refractivity contribution in [1.29, 1.82) is 0 Å². The summed E-state index contributed by atoms with van der Waals surface area (Å²) in [6.45, 7) is 9.52. The first-order chi connectivity index (χ1) is 12.6. The van der Waals surface area contributed by atoms with Crippen molar-refractivity contribution in [2.45, 2.75) is 39.4 Å². The third kappa shape index (κ3) is 4.43. The second kappa shape index (κ2) is 8.36. The maximum Gasteiger partial charge on any atom is 0.191 e. The van der Waals surface area contributed by atoms with E-state index in [1.807, 2.05) is 36.4 Å². The summed E-state index contributed by atoms with van der Waals surface area (Å²) in [7, 11) is 1.80. The van der Waals surface area contributed by atoms with Gasteiger partial charge in [-0.3, -0.25) is 9.89 Å². The minimum absolute atomic E-state index is 0.404. The fourth-order valence-corrected chi connectivity index (χ4v) is 3.29. The molecule has 1 saturated heterocycles. The van der Waals surface area contributed by atoms with Crippen molar-refractivity contribution in [1.82, 2.24) is 20.7 Å². The number of likely N-dealkylation sites (tertiary alicyclic amines) is 1. The minimum Gasteiger partial charge on any atom is -0.356 e. The Balaban J connectivity index is 1.54. The van der Waals surface area contributed by atoms with E-state index in [2.05, 4.69) is 46.5 Å². The Hall–Kier alpha value is -2.34. The van der Waals surface area contributed by atoms with E-state index in [-0.39, 0.29) is 0 Å². The van der Waals surface area contributed by atoms with Gasteiger partial charge in [-0.2, -0.15) is 0 Å². The molecule has 3 rings (SSSR count). The first-order valence-corrected chi connectivity index (χ1v) is 9.29. The number of nitrogens with one attached hydrogen (secondary N) is 2. The van der Waals surface area contributed by atoms with Crippen LogP contribution < -0.4 is 10.6 Å². The number of aromatic nitrogens is 1. The number of guanidine groups is 1. The van der Waals surface area contributed by atoms with Crippen LogP contribution in [0.5, 0.6) is 0 Å². The van der Waals surface area contributed by atoms with Crippen LogP contribution in [0, 0.1) is 5.92 Å². The van der Waals surface area contributed by atoms with Crippen molar-refractivity contribution in [3.05, 3.63) is 42.1 Å². The Kier molecular flexibility index (Phi) is 5.93. The molecule has 2 heterocycles. The Morgan fingerprint density at radius 3 is 2.73 bits per heavy atom. The molecule has 1 fully saturated rings. The van der Waals surface area contributed by atoms with Crippen molar-refractivity contribution in [3.8, 4) is 11.3 Å². The molecule has 140 valence electrons. The smallest absolute Gasteiger partial charge is 0.191 e. The van der Waals surface area contributed by atoms with Crippen LogP contribution in [0.4, 0.5) is 0 Å². The Morgan fingerprint density at radius 1 is 1.31 bits per heavy atom. The lowest BCUT2D eigenvalue weighted by Gasteiger charge is -2.21. The molecule has 6 heteroatoms. The van der Waals surface area contributed by atoms with E-state index in [0.717, 1.165) is 36.1 Å². The summed E-state index contributed by atoms with van der Waals surface area (Å²) in [6.07, 6.45) is 0. The molecule has 0 spiro atoms. The summed E-state index contributed by atoms with van der Waals surface area (Å²) in [5, 5.41) is 11.0. The summed E-state index contributed by atoms with van der Waals surface area (Å²) in [5.41, 5.74) is 1.89. The Morgan fingerprint density at radius 2 is 2.08 bits per heavy atom. The lowest BCUT2D eigenvalue weighted by atomic mass is 10.1. The first-order valence-electron chi connectivity index (χ1n) is 9.29. The van der Waals surface area contributed by atoms with Crippen LogP contribution in [0.3, 0.4) is 0 Å². The molecular weight excluding hydrogens is 326 g/mol. The summed E-state index contributed by atoms with van der Waals surface area (Å²) in [6, 6.07) is 12.9. The SMILES string of the molecule is CN=C(NCc1cc(-c2ccccc2)on1)NC1CN(C(C)C)CC1C. The molecule has 26 heavy (non-hydrogen) atoms. The van der Waals surface area contributed by atoms with Gasteiger partial charge in [-0.05, 0) is 19.8 Å². The lowest BCUT2D eigenvalue weighted by molar-refractivity contribution is 0.265. The third-order valence-electron chi connectivity index (χ3n) is 4.97. The van der Waals surface area contributed by atoms with Crippen molar-refractivity contribution in [3.63, 3.8) is 0 Å². The molecule has 0 bridgehead atoms. The molecule has 1 aromatic carbocycles. The average Bonchev–Trinajstić information content (AvgIpc) is 3.26. The van der Waals surface area contributed by atoms with Crippen LogP contribution in [-0.4, -0.2) is 48.2 Å². The second-order valence-electron chi connectivity index (χ2n) is 7.25. The van der Waals surface area contributed by atoms with Crippen molar-refractivity contribution < 1.29 is 4.52 Å². The topological polar surface area (TPSA) is 65.7 Å². The van der Waals surface area contributed by atoms with E-state index >= 15 is 0 Å². The quantitative estimate of drug-likeness (QED) is 0.638. The molecule has 1 aromatic heterocycles. The molecule has 2 aromatic rings. The van der Waals surface area contributed by atoms with Crippen LogP contribution in [0.15, 0.2) is 45.9 Å². The molecule has 2 atom stereocenters. The molecule has 2 unspecified atom stereocenters. The molecule has 0 amide bonds. The van der Waals surface area contributed by atoms with Gasteiger partial charge >= 0.3 is 0 Å². The van der Waals surface area contributed by atoms with Crippen molar-refractivity contribution in [2.24, 2.45) is 10.9 Å². The van der Waals surface area contributed by atoms with Crippen molar-refractivity contribution in [2.75, 3.05) is 20.1 Å². The third-order valence-corrected chi connectivity index (χ3v) is 4.97. The van der Waals surface area contributed by atoms with Gasteiger partial charge in [0.1, 0.15) is 5.69 Å². The highest BCUT2D eigenvalue weighted by molar-refractivity contribution is 5.80. The summed E-state index contributed by atoms with van der Waals surface area (Å²) >= 11 is 0. The maximum absolute atomic E-state index is 5.45. The van der Waals surface area contributed by atoms with Crippen LogP contribution in [0.2, 0.25) is 0 Å². The van der Waals surface area contributed by atoms with E-state index in [1.54, 1.807) is 7.05 Å². The van der Waals surface area contributed by atoms with Gasteiger partial charge < -0.3 is 15.2 Å². The monoisotopic (exact) mass is 355 g/mol. The van der Waals surface area contributed by atoms with E-state index in [0.29, 0.717) is 24.5 Å². The predicted octanol–water partition coefficient (Wildman–Crippen LogP) is 2.74. The summed E-state index contributed by atoms with van der Waals surface area (Å²) in [5.74, 6) is 2.17. The maximum atomic E-state index is 5.45. The lowest BCUT2D eigenvalue weighted by Crippen LogP contribution is -2.46. The summed E-state index contributed by atoms with van der Waals surface area (Å²) in [4.78, 5) is 6.85. The van der Waals surface area contributed by atoms with Gasteiger partial charge in [0.25, 0.3) is 0 Å². The molecule has 6 nitrogen and oxygen atoms in total. The zero-order valence-electron chi connectivity index (χ0n) is 16.1. The first kappa shape index (κ1) is 18.5. The minimum atomic E-state index is 0.404. The zero-order valence-corrected chi connectivity index (χ0v) is 16.1. The van der Waals surface area contributed by atoms with Crippen LogP contribution in [0.25, 0.3) is 11.3 Å². The number of rotatable bonds is 5. The van der Waals surface area contributed by atoms with Gasteiger partial charge in [-0.25, -0.2) is 0 Å². The molecular formula is C20H29N5O. The molecule has 1 aliphatic rings. The van der Waals surface area contributed by atoms with E-state index in [9.17, 15) is 0 Å². The number of hydrogen-bond acceptors (Lipinski definition) is 4. The van der Waals surface area contributed by atoms with E-state index in [4.69, 9.17) is 4.52 Å². The summed E-state index contributed by atoms with van der Waals surface area (Å²) < 4.78 is 5.45. The van der Waals surface area contributed by atoms with Gasteiger partial charge in [0, 0.05) is 43.9 Å². The van der Waals surface area contributed by atoms with Crippen LogP contribution in [0.1, 0.15) is 26.5 Å². The number of benzene rings is 1. The van der Waals surface area contributed by atoms with Crippen LogP contribution in [-0.2, 0) is 6.54 Å². The average molecular weight is 355 g/mol. The van der Waals surface area contributed by atoms with Crippen molar-refractivity contribution >= 4 is 5.96 Å². The van der Waals surface area contributed by atoms with Gasteiger partial charge in [0.05, 0.1) is 6.54 Å². The number of hydrogen-bond donors (Lipinski definition) is 2. The van der Waals surface area contributed by atoms with Gasteiger partial charge in [0.2, 0.25) is 0 Å². The zero-order chi connectivity index (χ0) is 18.5. The van der Waals surface area contributed by atoms with E-state index in [1.165, 1.54) is 0 Å². The van der Waals surface area contributed by atoms with Gasteiger partial charge in [-0.1, -0.05) is 42.4 Å². The molecule has 1 aliphatic heterocycles. The van der Waals surface area contributed by atoms with E-state index < -0.39 is 0 Å². The second-order valence-corrected chi connectivity index (χ2v) is 7.25.